The zero-order valence-corrected chi connectivity index (χ0v) is 19.7. The van der Waals surface area contributed by atoms with Gasteiger partial charge in [0.05, 0.1) is 23.8 Å². The molecule has 0 aliphatic carbocycles. The molecule has 6 nitrogen and oxygen atoms in total. The first-order chi connectivity index (χ1) is 16.1. The zero-order valence-electron chi connectivity index (χ0n) is 18.9. The Bertz CT molecular complexity index is 1080. The molecule has 0 amide bonds. The number of nitrogens with zero attached hydrogens (tertiary/aromatic N) is 2. The molecule has 2 aromatic carbocycles. The SMILES string of the molecule is CCOC(=O)C1=C(O)/C(=C/c2ccc(N3CCCC3)cc2)SC1=Nc1ccc(OCC)cc1. The number of aliphatic hydroxyl groups excluding tert-OH is 1. The summed E-state index contributed by atoms with van der Waals surface area (Å²) in [4.78, 5) is 20.1. The molecule has 172 valence electrons. The summed E-state index contributed by atoms with van der Waals surface area (Å²) in [7, 11) is 0. The van der Waals surface area contributed by atoms with E-state index >= 15 is 0 Å². The van der Waals surface area contributed by atoms with Crippen LogP contribution in [0.1, 0.15) is 32.3 Å². The minimum absolute atomic E-state index is 0.0932. The van der Waals surface area contributed by atoms with Crippen molar-refractivity contribution < 1.29 is 19.4 Å². The fourth-order valence-corrected chi connectivity index (χ4v) is 4.84. The molecule has 0 spiro atoms. The lowest BCUT2D eigenvalue weighted by Crippen LogP contribution is -2.17. The van der Waals surface area contributed by atoms with E-state index in [0.717, 1.165) is 24.4 Å². The van der Waals surface area contributed by atoms with Crippen molar-refractivity contribution in [2.24, 2.45) is 4.99 Å². The van der Waals surface area contributed by atoms with Gasteiger partial charge in [-0.05, 0) is 74.7 Å². The van der Waals surface area contributed by atoms with Gasteiger partial charge in [0.15, 0.2) is 0 Å². The minimum atomic E-state index is -0.583. The molecule has 1 fully saturated rings. The van der Waals surface area contributed by atoms with E-state index in [4.69, 9.17) is 9.47 Å². The number of hydrogen-bond acceptors (Lipinski definition) is 7. The summed E-state index contributed by atoms with van der Waals surface area (Å²) in [6.07, 6.45) is 4.33. The lowest BCUT2D eigenvalue weighted by Gasteiger charge is -2.17. The molecule has 1 N–H and O–H groups in total. The van der Waals surface area contributed by atoms with Crippen LogP contribution in [-0.4, -0.2) is 42.4 Å². The average Bonchev–Trinajstić information content (AvgIpc) is 3.45. The van der Waals surface area contributed by atoms with Gasteiger partial charge in [-0.2, -0.15) is 0 Å². The van der Waals surface area contributed by atoms with Gasteiger partial charge in [0, 0.05) is 18.8 Å². The van der Waals surface area contributed by atoms with Crippen molar-refractivity contribution in [1.29, 1.82) is 0 Å². The second-order valence-electron chi connectivity index (χ2n) is 7.68. The monoisotopic (exact) mass is 464 g/mol. The van der Waals surface area contributed by atoms with E-state index in [2.05, 4.69) is 22.0 Å². The number of esters is 1. The quantitative estimate of drug-likeness (QED) is 0.516. The van der Waals surface area contributed by atoms with Crippen molar-refractivity contribution in [3.8, 4) is 5.75 Å². The first-order valence-corrected chi connectivity index (χ1v) is 12.1. The Morgan fingerprint density at radius 3 is 2.39 bits per heavy atom. The molecule has 2 aliphatic heterocycles. The Morgan fingerprint density at radius 1 is 1.06 bits per heavy atom. The summed E-state index contributed by atoms with van der Waals surface area (Å²) in [5.41, 5.74) is 2.90. The standard InChI is InChI=1S/C26H28N2O4S/c1-3-31-21-13-9-19(10-14-21)27-25-23(26(30)32-4-2)24(29)22(33-25)17-18-7-11-20(12-8-18)28-15-5-6-16-28/h7-14,17,29H,3-6,15-16H2,1-2H3/b22-17-,27-25?. The second kappa shape index (κ2) is 10.6. The normalized spacial score (nSPS) is 18.4. The Balaban J connectivity index is 1.62. The highest BCUT2D eigenvalue weighted by Gasteiger charge is 2.33. The summed E-state index contributed by atoms with van der Waals surface area (Å²) < 4.78 is 10.7. The average molecular weight is 465 g/mol. The lowest BCUT2D eigenvalue weighted by molar-refractivity contribution is -0.138. The summed E-state index contributed by atoms with van der Waals surface area (Å²) in [6, 6.07) is 15.5. The van der Waals surface area contributed by atoms with Gasteiger partial charge >= 0.3 is 5.97 Å². The summed E-state index contributed by atoms with van der Waals surface area (Å²) >= 11 is 1.26. The molecule has 2 heterocycles. The van der Waals surface area contributed by atoms with Gasteiger partial charge in [-0.25, -0.2) is 9.79 Å². The molecule has 2 aliphatic rings. The Hall–Kier alpha value is -3.19. The third-order valence-corrected chi connectivity index (χ3v) is 6.43. The van der Waals surface area contributed by atoms with Crippen LogP contribution in [0.4, 0.5) is 11.4 Å². The third-order valence-electron chi connectivity index (χ3n) is 5.41. The van der Waals surface area contributed by atoms with Crippen LogP contribution in [-0.2, 0) is 9.53 Å². The number of benzene rings is 2. The Labute approximate surface area is 198 Å². The molecule has 33 heavy (non-hydrogen) atoms. The van der Waals surface area contributed by atoms with Crippen molar-refractivity contribution in [3.63, 3.8) is 0 Å². The van der Waals surface area contributed by atoms with Gasteiger partial charge in [-0.3, -0.25) is 0 Å². The van der Waals surface area contributed by atoms with Crippen LogP contribution in [0, 0.1) is 0 Å². The first kappa shape index (κ1) is 23.0. The highest BCUT2D eigenvalue weighted by molar-refractivity contribution is 8.18. The van der Waals surface area contributed by atoms with Gasteiger partial charge in [-0.15, -0.1) is 0 Å². The lowest BCUT2D eigenvalue weighted by atomic mass is 10.1. The van der Waals surface area contributed by atoms with Crippen LogP contribution in [0.3, 0.4) is 0 Å². The van der Waals surface area contributed by atoms with Gasteiger partial charge in [-0.1, -0.05) is 23.9 Å². The predicted molar refractivity (Wildman–Crippen MR) is 134 cm³/mol. The van der Waals surface area contributed by atoms with Crippen LogP contribution >= 0.6 is 11.8 Å². The fourth-order valence-electron chi connectivity index (χ4n) is 3.80. The summed E-state index contributed by atoms with van der Waals surface area (Å²) in [5, 5.41) is 11.3. The van der Waals surface area contributed by atoms with Gasteiger partial charge in [0.2, 0.25) is 0 Å². The summed E-state index contributed by atoms with van der Waals surface area (Å²) in [6.45, 7) is 6.64. The smallest absolute Gasteiger partial charge is 0.344 e. The van der Waals surface area contributed by atoms with Crippen molar-refractivity contribution in [2.75, 3.05) is 31.2 Å². The number of anilines is 1. The molecule has 0 saturated carbocycles. The highest BCUT2D eigenvalue weighted by atomic mass is 32.2. The predicted octanol–water partition coefficient (Wildman–Crippen LogP) is 5.88. The van der Waals surface area contributed by atoms with Crippen LogP contribution in [0.2, 0.25) is 0 Å². The van der Waals surface area contributed by atoms with Gasteiger partial charge in [0.1, 0.15) is 22.1 Å². The molecule has 2 aromatic rings. The third kappa shape index (κ3) is 5.42. The van der Waals surface area contributed by atoms with E-state index < -0.39 is 5.97 Å². The minimum Gasteiger partial charge on any atom is -0.506 e. The number of carbonyl (C=O) groups excluding carboxylic acids is 1. The maximum atomic E-state index is 12.6. The van der Waals surface area contributed by atoms with E-state index in [1.54, 1.807) is 6.92 Å². The van der Waals surface area contributed by atoms with E-state index in [1.165, 1.54) is 30.3 Å². The summed E-state index contributed by atoms with van der Waals surface area (Å²) in [5.74, 6) is 0.0641. The number of aliphatic imine (C=N–C) groups is 1. The van der Waals surface area contributed by atoms with Crippen molar-refractivity contribution >= 4 is 40.2 Å². The van der Waals surface area contributed by atoms with Gasteiger partial charge in [0.25, 0.3) is 0 Å². The molecule has 7 heteroatoms. The van der Waals surface area contributed by atoms with E-state index in [-0.39, 0.29) is 17.9 Å². The Morgan fingerprint density at radius 2 is 1.76 bits per heavy atom. The Kier molecular flexibility index (Phi) is 7.40. The van der Waals surface area contributed by atoms with Crippen LogP contribution in [0.25, 0.3) is 6.08 Å². The number of hydrogen-bond donors (Lipinski definition) is 1. The largest absolute Gasteiger partial charge is 0.506 e. The molecule has 1 saturated heterocycles. The number of aliphatic hydroxyl groups is 1. The zero-order chi connectivity index (χ0) is 23.2. The maximum absolute atomic E-state index is 12.6. The van der Waals surface area contributed by atoms with Crippen molar-refractivity contribution in [2.45, 2.75) is 26.7 Å². The van der Waals surface area contributed by atoms with Crippen LogP contribution in [0.5, 0.6) is 5.75 Å². The highest BCUT2D eigenvalue weighted by Crippen LogP contribution is 2.40. The van der Waals surface area contributed by atoms with E-state index in [9.17, 15) is 9.90 Å². The second-order valence-corrected chi connectivity index (χ2v) is 8.71. The molecular formula is C26H28N2O4S. The number of thioether (sulfide) groups is 1. The molecule has 4 rings (SSSR count). The van der Waals surface area contributed by atoms with Crippen LogP contribution in [0.15, 0.2) is 69.8 Å². The topological polar surface area (TPSA) is 71.4 Å². The van der Waals surface area contributed by atoms with E-state index in [1.807, 2.05) is 49.4 Å². The number of ether oxygens (including phenoxy) is 2. The number of carbonyl (C=O) groups is 1. The molecule has 0 radical (unpaired) electrons. The molecule has 0 aromatic heterocycles. The molecular weight excluding hydrogens is 436 g/mol. The van der Waals surface area contributed by atoms with Crippen molar-refractivity contribution in [3.05, 3.63) is 70.3 Å². The number of rotatable bonds is 7. The molecule has 0 unspecified atom stereocenters. The van der Waals surface area contributed by atoms with Crippen LogP contribution < -0.4 is 9.64 Å². The van der Waals surface area contributed by atoms with Gasteiger partial charge < -0.3 is 19.5 Å². The fraction of sp³-hybridized carbons (Fsp3) is 0.308. The van der Waals surface area contributed by atoms with Crippen molar-refractivity contribution in [1.82, 2.24) is 0 Å². The molecule has 0 atom stereocenters. The first-order valence-electron chi connectivity index (χ1n) is 11.3. The maximum Gasteiger partial charge on any atom is 0.344 e. The molecule has 0 bridgehead atoms. The van der Waals surface area contributed by atoms with E-state index in [0.29, 0.717) is 22.2 Å².